The quantitative estimate of drug-likeness (QED) is 0.441. The van der Waals surface area contributed by atoms with Gasteiger partial charge in [-0.15, -0.1) is 0 Å². The Labute approximate surface area is 133 Å². The van der Waals surface area contributed by atoms with Crippen LogP contribution >= 0.6 is 10.9 Å². The number of hydrogen-bond acceptors (Lipinski definition) is 1. The van der Waals surface area contributed by atoms with Gasteiger partial charge in [0.15, 0.2) is 0 Å². The zero-order valence-electron chi connectivity index (χ0n) is 11.8. The van der Waals surface area contributed by atoms with Crippen molar-refractivity contribution < 1.29 is 17.9 Å². The van der Waals surface area contributed by atoms with Crippen LogP contribution in [0.4, 0.5) is 13.2 Å². The molecule has 0 spiro atoms. The van der Waals surface area contributed by atoms with Crippen LogP contribution in [0.25, 0.3) is 0 Å². The van der Waals surface area contributed by atoms with Gasteiger partial charge in [0.1, 0.15) is 29.0 Å². The second kappa shape index (κ2) is 5.35. The molecule has 0 unspecified atom stereocenters. The minimum absolute atomic E-state index is 0.107. The lowest BCUT2D eigenvalue weighted by Crippen LogP contribution is -2.04. The molecule has 0 amide bonds. The Kier molecular flexibility index (Phi) is 3.31. The van der Waals surface area contributed by atoms with Gasteiger partial charge in [-0.1, -0.05) is 24.3 Å². The predicted molar refractivity (Wildman–Crippen MR) is 83.1 cm³/mol. The summed E-state index contributed by atoms with van der Waals surface area (Å²) in [4.78, 5) is 1.32. The number of ether oxygens (including phenoxy) is 1. The highest BCUT2D eigenvalue weighted by Gasteiger charge is 2.29. The van der Waals surface area contributed by atoms with Gasteiger partial charge in [-0.25, -0.2) is 13.2 Å². The molecule has 0 fully saturated rings. The third kappa shape index (κ3) is 2.28. The minimum atomic E-state index is -1.49. The highest BCUT2D eigenvalue weighted by molar-refractivity contribution is 8.17. The van der Waals surface area contributed by atoms with Crippen LogP contribution in [-0.2, 0) is 0 Å². The van der Waals surface area contributed by atoms with Gasteiger partial charge in [-0.2, -0.15) is 10.9 Å². The Morgan fingerprint density at radius 1 is 0.696 bits per heavy atom. The van der Waals surface area contributed by atoms with Gasteiger partial charge in [0, 0.05) is 21.9 Å². The third-order valence-corrected chi connectivity index (χ3v) is 6.21. The van der Waals surface area contributed by atoms with Crippen molar-refractivity contribution in [2.45, 2.75) is 14.7 Å². The minimum Gasteiger partial charge on any atom is -0.455 e. The fraction of sp³-hybridized carbons (Fsp3) is 0. The fourth-order valence-electron chi connectivity index (χ4n) is 2.69. The van der Waals surface area contributed by atoms with Crippen LogP contribution in [0.2, 0.25) is 0 Å². The summed E-state index contributed by atoms with van der Waals surface area (Å²) in [6.07, 6.45) is 0. The average molecular weight is 332 g/mol. The number of rotatable bonds is 1. The first kappa shape index (κ1) is 14.2. The molecule has 1 nitrogen and oxygen atoms in total. The van der Waals surface area contributed by atoms with Crippen molar-refractivity contribution in [2.24, 2.45) is 0 Å². The molecule has 1 heterocycles. The predicted octanol–water partition coefficient (Wildman–Crippen LogP) is 5.69. The SMILES string of the molecule is Fc1cc(F)c([SH]2c3ccccc3Oc3ccccc32)c(F)c1. The zero-order chi connectivity index (χ0) is 16.0. The Morgan fingerprint density at radius 3 is 1.70 bits per heavy atom. The van der Waals surface area contributed by atoms with Gasteiger partial charge in [0.05, 0.1) is 4.90 Å². The van der Waals surface area contributed by atoms with Gasteiger partial charge in [0.2, 0.25) is 0 Å². The number of hydrogen-bond donors (Lipinski definition) is 1. The van der Waals surface area contributed by atoms with E-state index in [-0.39, 0.29) is 4.90 Å². The molecule has 116 valence electrons. The molecule has 0 N–H and O–H groups in total. The van der Waals surface area contributed by atoms with Crippen molar-refractivity contribution in [3.05, 3.63) is 78.1 Å². The average Bonchev–Trinajstić information content (AvgIpc) is 2.53. The first-order chi connectivity index (χ1) is 11.1. The fourth-order valence-corrected chi connectivity index (χ4v) is 5.14. The molecule has 5 heteroatoms. The molecular formula is C18H11F3OS. The van der Waals surface area contributed by atoms with Gasteiger partial charge in [0.25, 0.3) is 0 Å². The largest absolute Gasteiger partial charge is 0.455 e. The Hall–Kier alpha value is -2.40. The first-order valence-corrected chi connectivity index (χ1v) is 8.30. The van der Waals surface area contributed by atoms with E-state index in [1.165, 1.54) is 0 Å². The molecule has 0 bridgehead atoms. The van der Waals surface area contributed by atoms with E-state index in [4.69, 9.17) is 4.74 Å². The van der Waals surface area contributed by atoms with Crippen LogP contribution in [0.1, 0.15) is 0 Å². The number of thiol groups is 1. The summed E-state index contributed by atoms with van der Waals surface area (Å²) in [5.74, 6) is -1.53. The van der Waals surface area contributed by atoms with E-state index in [1.54, 1.807) is 48.5 Å². The van der Waals surface area contributed by atoms with Crippen molar-refractivity contribution in [1.29, 1.82) is 0 Å². The van der Waals surface area contributed by atoms with Crippen LogP contribution in [0.3, 0.4) is 0 Å². The zero-order valence-corrected chi connectivity index (χ0v) is 12.7. The third-order valence-electron chi connectivity index (χ3n) is 3.64. The second-order valence-corrected chi connectivity index (χ2v) is 7.17. The Balaban J connectivity index is 2.02. The molecule has 0 aromatic heterocycles. The van der Waals surface area contributed by atoms with Gasteiger partial charge >= 0.3 is 0 Å². The highest BCUT2D eigenvalue weighted by atomic mass is 32.2. The maximum absolute atomic E-state index is 14.4. The van der Waals surface area contributed by atoms with Crippen molar-refractivity contribution in [1.82, 2.24) is 0 Å². The number of para-hydroxylation sites is 2. The Bertz CT molecular complexity index is 842. The van der Waals surface area contributed by atoms with E-state index in [1.807, 2.05) is 0 Å². The summed E-state index contributed by atoms with van der Waals surface area (Å²) in [5, 5.41) is 0. The number of fused-ring (bicyclic) bond motifs is 2. The van der Waals surface area contributed by atoms with Gasteiger partial charge in [-0.05, 0) is 24.3 Å². The molecule has 4 rings (SSSR count). The van der Waals surface area contributed by atoms with Gasteiger partial charge < -0.3 is 4.74 Å². The van der Waals surface area contributed by atoms with Crippen LogP contribution in [-0.4, -0.2) is 0 Å². The van der Waals surface area contributed by atoms with Gasteiger partial charge in [-0.3, -0.25) is 0 Å². The van der Waals surface area contributed by atoms with E-state index in [0.29, 0.717) is 21.3 Å². The molecular weight excluding hydrogens is 321 g/mol. The molecule has 0 radical (unpaired) electrons. The lowest BCUT2D eigenvalue weighted by Gasteiger charge is -2.31. The van der Waals surface area contributed by atoms with Crippen LogP contribution in [0.5, 0.6) is 11.5 Å². The van der Waals surface area contributed by atoms with E-state index >= 15 is 0 Å². The normalized spacial score (nSPS) is 14.0. The summed E-state index contributed by atoms with van der Waals surface area (Å²) >= 11 is 0. The summed E-state index contributed by atoms with van der Waals surface area (Å²) in [6.45, 7) is 0. The molecule has 1 aliphatic rings. The summed E-state index contributed by atoms with van der Waals surface area (Å²) < 4.78 is 47.9. The monoisotopic (exact) mass is 332 g/mol. The second-order valence-electron chi connectivity index (χ2n) is 5.09. The van der Waals surface area contributed by atoms with Crippen molar-refractivity contribution >= 4 is 10.9 Å². The summed E-state index contributed by atoms with van der Waals surface area (Å²) in [6, 6.07) is 15.8. The molecule has 3 aromatic carbocycles. The standard InChI is InChI=1S/C18H11F3OS/c19-11-9-12(20)18(13(21)10-11)23-16-7-3-1-5-14(16)22-15-6-2-4-8-17(15)23/h1-10,23H. The topological polar surface area (TPSA) is 9.23 Å². The molecule has 23 heavy (non-hydrogen) atoms. The van der Waals surface area contributed by atoms with E-state index in [0.717, 1.165) is 12.1 Å². The van der Waals surface area contributed by atoms with Crippen LogP contribution in [0, 0.1) is 17.5 Å². The van der Waals surface area contributed by atoms with Crippen molar-refractivity contribution in [2.75, 3.05) is 0 Å². The smallest absolute Gasteiger partial charge is 0.141 e. The Morgan fingerprint density at radius 2 is 1.17 bits per heavy atom. The maximum Gasteiger partial charge on any atom is 0.141 e. The molecule has 1 aliphatic heterocycles. The van der Waals surface area contributed by atoms with Crippen molar-refractivity contribution in [3.63, 3.8) is 0 Å². The molecule has 0 aliphatic carbocycles. The number of benzene rings is 3. The molecule has 0 saturated heterocycles. The van der Waals surface area contributed by atoms with E-state index in [2.05, 4.69) is 0 Å². The first-order valence-electron chi connectivity index (χ1n) is 6.96. The lowest BCUT2D eigenvalue weighted by molar-refractivity contribution is 0.452. The van der Waals surface area contributed by atoms with Crippen LogP contribution in [0.15, 0.2) is 75.4 Å². The maximum atomic E-state index is 14.4. The van der Waals surface area contributed by atoms with Crippen molar-refractivity contribution in [3.8, 4) is 11.5 Å². The molecule has 0 saturated carbocycles. The summed E-state index contributed by atoms with van der Waals surface area (Å²) in [7, 11) is -1.49. The van der Waals surface area contributed by atoms with Crippen LogP contribution < -0.4 is 4.74 Å². The molecule has 0 atom stereocenters. The molecule has 3 aromatic rings. The van der Waals surface area contributed by atoms with E-state index in [9.17, 15) is 13.2 Å². The lowest BCUT2D eigenvalue weighted by atomic mass is 10.3. The highest BCUT2D eigenvalue weighted by Crippen LogP contribution is 2.62. The summed E-state index contributed by atoms with van der Waals surface area (Å²) in [5.41, 5.74) is 0. The van der Waals surface area contributed by atoms with E-state index < -0.39 is 28.3 Å². The number of halogens is 3.